The molecule has 0 aromatic rings. The number of alkyl halides is 2. The molecule has 1 atom stereocenters. The van der Waals surface area contributed by atoms with Crippen LogP contribution in [0.1, 0.15) is 19.8 Å². The van der Waals surface area contributed by atoms with Crippen LogP contribution in [-0.2, 0) is 18.6 Å². The van der Waals surface area contributed by atoms with E-state index in [9.17, 15) is 9.36 Å². The minimum Gasteiger partial charge on any atom is -0.435 e. The van der Waals surface area contributed by atoms with Gasteiger partial charge in [0.15, 0.2) is 5.76 Å². The van der Waals surface area contributed by atoms with Crippen LogP contribution in [0.15, 0.2) is 24.7 Å². The molecule has 0 radical (unpaired) electrons. The van der Waals surface area contributed by atoms with E-state index in [1.165, 1.54) is 6.92 Å². The van der Waals surface area contributed by atoms with Crippen molar-refractivity contribution in [2.75, 3.05) is 11.8 Å². The summed E-state index contributed by atoms with van der Waals surface area (Å²) in [6.45, 7) is 4.48. The summed E-state index contributed by atoms with van der Waals surface area (Å²) in [5.41, 5.74) is 0. The van der Waals surface area contributed by atoms with Gasteiger partial charge in [-0.1, -0.05) is 6.58 Å². The Balaban J connectivity index is 0. The zero-order chi connectivity index (χ0) is 14.4. The van der Waals surface area contributed by atoms with Crippen LogP contribution in [0.25, 0.3) is 0 Å². The van der Waals surface area contributed by atoms with E-state index in [1.54, 1.807) is 6.08 Å². The van der Waals surface area contributed by atoms with Crippen LogP contribution in [0.4, 0.5) is 0 Å². The van der Waals surface area contributed by atoms with E-state index >= 15 is 0 Å². The summed E-state index contributed by atoms with van der Waals surface area (Å²) < 4.78 is 19.0. The fourth-order valence-corrected chi connectivity index (χ4v) is 1.37. The Morgan fingerprint density at radius 1 is 1.44 bits per heavy atom. The summed E-state index contributed by atoms with van der Waals surface area (Å²) in [6, 6.07) is 0. The number of hydrogen-bond acceptors (Lipinski definition) is 4. The van der Waals surface area contributed by atoms with E-state index in [-0.39, 0.29) is 5.97 Å². The van der Waals surface area contributed by atoms with Gasteiger partial charge in [0.25, 0.3) is 0 Å². The van der Waals surface area contributed by atoms with Crippen molar-refractivity contribution < 1.29 is 23.5 Å². The van der Waals surface area contributed by atoms with Crippen LogP contribution in [0.3, 0.4) is 0 Å². The third-order valence-electron chi connectivity index (χ3n) is 1.27. The molecule has 0 spiro atoms. The summed E-state index contributed by atoms with van der Waals surface area (Å²) in [5.74, 6) is 0.911. The van der Waals surface area contributed by atoms with Gasteiger partial charge in [-0.2, -0.15) is 0 Å². The summed E-state index contributed by atoms with van der Waals surface area (Å²) in [4.78, 5) is 18.2. The molecule has 0 aliphatic heterocycles. The second kappa shape index (κ2) is 14.5. The van der Waals surface area contributed by atoms with Crippen molar-refractivity contribution in [3.05, 3.63) is 24.7 Å². The van der Waals surface area contributed by atoms with Crippen LogP contribution < -0.4 is 0 Å². The van der Waals surface area contributed by atoms with E-state index in [0.29, 0.717) is 30.4 Å². The maximum Gasteiger partial charge on any atom is 0.747 e. The van der Waals surface area contributed by atoms with Crippen molar-refractivity contribution in [3.8, 4) is 0 Å². The number of halogens is 2. The predicted molar refractivity (Wildman–Crippen MR) is 71.6 cm³/mol. The second-order valence-corrected chi connectivity index (χ2v) is 4.11. The average Bonchev–Trinajstić information content (AvgIpc) is 2.26. The highest BCUT2D eigenvalue weighted by Crippen LogP contribution is 2.23. The Hall–Kier alpha value is -0.610. The highest BCUT2D eigenvalue weighted by atomic mass is 35.5. The SMILES string of the molecule is C=COC(C)=O.O=[P+](O)OC(=CCCCl)CCCl. The van der Waals surface area contributed by atoms with Gasteiger partial charge in [-0.15, -0.1) is 28.1 Å². The molecule has 0 aromatic carbocycles. The Labute approximate surface area is 117 Å². The predicted octanol–water partition coefficient (Wildman–Crippen LogP) is 3.49. The van der Waals surface area contributed by atoms with Gasteiger partial charge >= 0.3 is 14.2 Å². The molecule has 5 nitrogen and oxygen atoms in total. The molecule has 0 rings (SSSR count). The quantitative estimate of drug-likeness (QED) is 0.337. The molecule has 104 valence electrons. The van der Waals surface area contributed by atoms with Gasteiger partial charge in [-0.25, -0.2) is 4.52 Å². The summed E-state index contributed by atoms with van der Waals surface area (Å²) in [7, 11) is -2.59. The summed E-state index contributed by atoms with van der Waals surface area (Å²) in [5, 5.41) is 0. The molecule has 1 N–H and O–H groups in total. The Morgan fingerprint density at radius 3 is 2.33 bits per heavy atom. The third kappa shape index (κ3) is 17.8. The summed E-state index contributed by atoms with van der Waals surface area (Å²) in [6.07, 6.45) is 3.82. The van der Waals surface area contributed by atoms with Crippen LogP contribution in [0.5, 0.6) is 0 Å². The number of rotatable bonds is 7. The molecule has 1 unspecified atom stereocenters. The molecular formula is C10H16Cl2O5P+. The molecule has 0 bridgehead atoms. The Kier molecular flexibility index (Phi) is 15.8. The van der Waals surface area contributed by atoms with Gasteiger partial charge in [0.2, 0.25) is 0 Å². The molecule has 0 fully saturated rings. The molecule has 8 heteroatoms. The molecule has 0 saturated carbocycles. The normalized spacial score (nSPS) is 10.9. The minimum absolute atomic E-state index is 0.329. The monoisotopic (exact) mass is 317 g/mol. The van der Waals surface area contributed by atoms with Crippen molar-refractivity contribution in [2.24, 2.45) is 0 Å². The smallest absolute Gasteiger partial charge is 0.435 e. The maximum atomic E-state index is 10.3. The molecule has 0 aliphatic carbocycles. The lowest BCUT2D eigenvalue weighted by molar-refractivity contribution is -0.135. The van der Waals surface area contributed by atoms with Gasteiger partial charge in [0.1, 0.15) is 0 Å². The first kappa shape index (κ1) is 19.7. The Morgan fingerprint density at radius 2 is 2.06 bits per heavy atom. The average molecular weight is 318 g/mol. The van der Waals surface area contributed by atoms with Gasteiger partial charge in [0, 0.05) is 29.7 Å². The van der Waals surface area contributed by atoms with Gasteiger partial charge in [-0.05, 0) is 12.5 Å². The van der Waals surface area contributed by atoms with Crippen molar-refractivity contribution in [1.29, 1.82) is 0 Å². The Bertz CT molecular complexity index is 294. The second-order valence-electron chi connectivity index (χ2n) is 2.69. The van der Waals surface area contributed by atoms with Gasteiger partial charge in [0.05, 0.1) is 6.26 Å². The first-order valence-corrected chi connectivity index (χ1v) is 7.11. The van der Waals surface area contributed by atoms with Gasteiger partial charge in [-0.3, -0.25) is 4.79 Å². The van der Waals surface area contributed by atoms with E-state index in [4.69, 9.17) is 28.1 Å². The van der Waals surface area contributed by atoms with Crippen molar-refractivity contribution in [2.45, 2.75) is 19.8 Å². The van der Waals surface area contributed by atoms with E-state index < -0.39 is 8.25 Å². The number of carbonyl (C=O) groups excluding carboxylic acids is 1. The van der Waals surface area contributed by atoms with Gasteiger partial charge < -0.3 is 4.74 Å². The standard InChI is InChI=1S/C6H9Cl2O3P.C4H6O2/c7-4-1-2-6(3-5-8)11-12(9)10;1-3-6-4(2)5/h2H,1,3-5H2;3H,1H2,2H3/p+1. The highest BCUT2D eigenvalue weighted by Gasteiger charge is 2.15. The van der Waals surface area contributed by atoms with Crippen LogP contribution in [0, 0.1) is 0 Å². The molecule has 0 amide bonds. The van der Waals surface area contributed by atoms with E-state index in [2.05, 4.69) is 15.8 Å². The lowest BCUT2D eigenvalue weighted by Gasteiger charge is -1.94. The lowest BCUT2D eigenvalue weighted by Crippen LogP contribution is -1.87. The molecule has 0 aromatic heterocycles. The number of hydrogen-bond donors (Lipinski definition) is 1. The fraction of sp³-hybridized carbons (Fsp3) is 0.500. The van der Waals surface area contributed by atoms with Crippen LogP contribution in [-0.4, -0.2) is 22.6 Å². The molecular weight excluding hydrogens is 302 g/mol. The minimum atomic E-state index is -2.59. The first-order valence-electron chi connectivity index (χ1n) is 4.91. The molecule has 0 heterocycles. The number of esters is 1. The van der Waals surface area contributed by atoms with Crippen LogP contribution in [0.2, 0.25) is 0 Å². The summed E-state index contributed by atoms with van der Waals surface area (Å²) >= 11 is 10.8. The van der Waals surface area contributed by atoms with Crippen molar-refractivity contribution in [1.82, 2.24) is 0 Å². The third-order valence-corrected chi connectivity index (χ3v) is 2.06. The van der Waals surface area contributed by atoms with E-state index in [0.717, 1.165) is 6.26 Å². The fourth-order valence-electron chi connectivity index (χ4n) is 0.711. The van der Waals surface area contributed by atoms with Crippen LogP contribution >= 0.6 is 31.5 Å². The topological polar surface area (TPSA) is 72.8 Å². The number of allylic oxidation sites excluding steroid dienone is 2. The van der Waals surface area contributed by atoms with Crippen molar-refractivity contribution >= 4 is 37.4 Å². The maximum absolute atomic E-state index is 10.3. The molecule has 0 saturated heterocycles. The number of ether oxygens (including phenoxy) is 1. The van der Waals surface area contributed by atoms with Crippen molar-refractivity contribution in [3.63, 3.8) is 0 Å². The molecule has 18 heavy (non-hydrogen) atoms. The zero-order valence-electron chi connectivity index (χ0n) is 9.97. The molecule has 0 aliphatic rings. The largest absolute Gasteiger partial charge is 0.747 e. The first-order chi connectivity index (χ1) is 8.47. The number of carbonyl (C=O) groups is 1. The van der Waals surface area contributed by atoms with E-state index in [1.807, 2.05) is 0 Å². The lowest BCUT2D eigenvalue weighted by atomic mass is 10.3. The highest BCUT2D eigenvalue weighted by molar-refractivity contribution is 7.32. The zero-order valence-corrected chi connectivity index (χ0v) is 12.4.